The Hall–Kier alpha value is -2.47. The summed E-state index contributed by atoms with van der Waals surface area (Å²) < 4.78 is 25.2. The Bertz CT molecular complexity index is 1400. The van der Waals surface area contributed by atoms with Crippen LogP contribution in [0.3, 0.4) is 0 Å². The normalized spacial score (nSPS) is 21.0. The van der Waals surface area contributed by atoms with Crippen LogP contribution in [0.5, 0.6) is 0 Å². The fourth-order valence-electron chi connectivity index (χ4n) is 4.73. The summed E-state index contributed by atoms with van der Waals surface area (Å²) >= 11 is 7.29. The van der Waals surface area contributed by atoms with Gasteiger partial charge in [0.25, 0.3) is 11.8 Å². The van der Waals surface area contributed by atoms with Gasteiger partial charge in [0.15, 0.2) is 5.01 Å². The molecule has 9 nitrogen and oxygen atoms in total. The number of nitrogens with zero attached hydrogens (tertiary/aromatic N) is 2. The molecular formula is C23H26ClN5O4S2. The average Bonchev–Trinajstić information content (AvgIpc) is 3.43. The van der Waals surface area contributed by atoms with Crippen LogP contribution in [0.4, 0.5) is 0 Å². The van der Waals surface area contributed by atoms with Crippen LogP contribution < -0.4 is 10.6 Å². The fourth-order valence-corrected chi connectivity index (χ4v) is 6.81. The molecule has 186 valence electrons. The number of benzene rings is 1. The molecule has 1 aromatic carbocycles. The Morgan fingerprint density at radius 3 is 2.57 bits per heavy atom. The highest BCUT2D eigenvalue weighted by atomic mass is 35.5. The van der Waals surface area contributed by atoms with Gasteiger partial charge >= 0.3 is 0 Å². The van der Waals surface area contributed by atoms with Crippen molar-refractivity contribution in [1.29, 1.82) is 0 Å². The summed E-state index contributed by atoms with van der Waals surface area (Å²) in [6, 6.07) is 6.76. The molecule has 1 saturated carbocycles. The highest BCUT2D eigenvalue weighted by Gasteiger charge is 2.31. The number of aromatic nitrogens is 2. The predicted octanol–water partition coefficient (Wildman–Crippen LogP) is 3.07. The van der Waals surface area contributed by atoms with Crippen molar-refractivity contribution >= 4 is 55.7 Å². The molecule has 0 radical (unpaired) electrons. The van der Waals surface area contributed by atoms with E-state index < -0.39 is 10.0 Å². The molecule has 3 N–H and O–H groups in total. The van der Waals surface area contributed by atoms with E-state index in [4.69, 9.17) is 11.6 Å². The minimum absolute atomic E-state index is 0.203. The number of carbonyl (C=O) groups excluding carboxylic acids is 2. The van der Waals surface area contributed by atoms with Crippen molar-refractivity contribution in [1.82, 2.24) is 24.9 Å². The van der Waals surface area contributed by atoms with E-state index in [1.807, 2.05) is 6.07 Å². The third-order valence-corrected chi connectivity index (χ3v) is 9.15. The number of halogens is 1. The quantitative estimate of drug-likeness (QED) is 0.463. The smallest absolute Gasteiger partial charge is 0.280 e. The highest BCUT2D eigenvalue weighted by Crippen LogP contribution is 2.27. The van der Waals surface area contributed by atoms with Crippen LogP contribution in [0.15, 0.2) is 24.3 Å². The third kappa shape index (κ3) is 5.23. The van der Waals surface area contributed by atoms with Crippen LogP contribution >= 0.6 is 22.9 Å². The summed E-state index contributed by atoms with van der Waals surface area (Å²) in [5.74, 6) is -0.518. The van der Waals surface area contributed by atoms with Gasteiger partial charge in [-0.15, -0.1) is 11.3 Å². The molecule has 2 amide bonds. The Balaban J connectivity index is 1.26. The first kappa shape index (κ1) is 24.2. The van der Waals surface area contributed by atoms with Crippen LogP contribution in [0.25, 0.3) is 10.9 Å². The van der Waals surface area contributed by atoms with Gasteiger partial charge in [0, 0.05) is 52.4 Å². The van der Waals surface area contributed by atoms with Crippen molar-refractivity contribution < 1.29 is 18.0 Å². The van der Waals surface area contributed by atoms with Gasteiger partial charge in [0.2, 0.25) is 10.0 Å². The summed E-state index contributed by atoms with van der Waals surface area (Å²) in [6.45, 7) is 0.615. The first-order chi connectivity index (χ1) is 16.7. The van der Waals surface area contributed by atoms with Gasteiger partial charge < -0.3 is 15.6 Å². The number of H-pyrrole nitrogens is 1. The molecule has 1 fully saturated rings. The standard InChI is InChI=1S/C23H26ClN5O4S2/c1-35(32,33)29-9-8-18-20(12-29)34-23(28-18)22(31)27-17-5-3-2-4-16(17)26-21(30)19-11-13-10-14(24)6-7-15(13)25-19/h6-7,10-11,16-17,25H,2-5,8-9,12H2,1H3,(H,26,30)(H,27,31). The molecule has 35 heavy (non-hydrogen) atoms. The largest absolute Gasteiger partial charge is 0.351 e. The molecular weight excluding hydrogens is 510 g/mol. The van der Waals surface area contributed by atoms with Crippen molar-refractivity contribution in [2.75, 3.05) is 12.8 Å². The van der Waals surface area contributed by atoms with E-state index in [0.717, 1.165) is 47.2 Å². The molecule has 0 saturated heterocycles. The minimum atomic E-state index is -3.29. The zero-order valence-electron chi connectivity index (χ0n) is 19.1. The second-order valence-electron chi connectivity index (χ2n) is 9.09. The Morgan fingerprint density at radius 1 is 1.14 bits per heavy atom. The van der Waals surface area contributed by atoms with E-state index in [1.54, 1.807) is 18.2 Å². The fraction of sp³-hybridized carbons (Fsp3) is 0.435. The van der Waals surface area contributed by atoms with Gasteiger partial charge in [-0.05, 0) is 37.1 Å². The van der Waals surface area contributed by atoms with Crippen LogP contribution in [0, 0.1) is 0 Å². The minimum Gasteiger partial charge on any atom is -0.351 e. The van der Waals surface area contributed by atoms with Gasteiger partial charge in [0.05, 0.1) is 11.9 Å². The number of nitrogens with one attached hydrogen (secondary N) is 3. The predicted molar refractivity (Wildman–Crippen MR) is 135 cm³/mol. The lowest BCUT2D eigenvalue weighted by molar-refractivity contribution is 0.0860. The molecule has 5 rings (SSSR count). The molecule has 1 aliphatic heterocycles. The average molecular weight is 536 g/mol. The first-order valence-electron chi connectivity index (χ1n) is 11.5. The third-order valence-electron chi connectivity index (χ3n) is 6.59. The highest BCUT2D eigenvalue weighted by molar-refractivity contribution is 7.88. The molecule has 2 atom stereocenters. The number of hydrogen-bond donors (Lipinski definition) is 3. The molecule has 3 heterocycles. The van der Waals surface area contributed by atoms with Crippen molar-refractivity contribution in [3.8, 4) is 0 Å². The van der Waals surface area contributed by atoms with E-state index in [9.17, 15) is 18.0 Å². The van der Waals surface area contributed by atoms with Crippen LogP contribution in [0.1, 0.15) is 56.5 Å². The molecule has 3 aromatic rings. The number of carbonyl (C=O) groups is 2. The number of sulfonamides is 1. The maximum atomic E-state index is 13.0. The van der Waals surface area contributed by atoms with Crippen molar-refractivity contribution in [3.05, 3.63) is 50.6 Å². The number of aromatic amines is 1. The lowest BCUT2D eigenvalue weighted by atomic mass is 9.90. The van der Waals surface area contributed by atoms with Gasteiger partial charge in [-0.2, -0.15) is 4.31 Å². The second-order valence-corrected chi connectivity index (χ2v) is 12.6. The van der Waals surface area contributed by atoms with Gasteiger partial charge in [-0.1, -0.05) is 24.4 Å². The maximum absolute atomic E-state index is 13.0. The lowest BCUT2D eigenvalue weighted by Gasteiger charge is -2.32. The summed E-state index contributed by atoms with van der Waals surface area (Å²) in [5.41, 5.74) is 2.06. The molecule has 1 aliphatic carbocycles. The maximum Gasteiger partial charge on any atom is 0.280 e. The topological polar surface area (TPSA) is 124 Å². The molecule has 12 heteroatoms. The summed E-state index contributed by atoms with van der Waals surface area (Å²) in [4.78, 5) is 34.4. The zero-order chi connectivity index (χ0) is 24.7. The van der Waals surface area contributed by atoms with Crippen molar-refractivity contribution in [2.45, 2.75) is 50.7 Å². The molecule has 0 spiro atoms. The number of thiazole rings is 1. The van der Waals surface area contributed by atoms with Gasteiger partial charge in [-0.3, -0.25) is 9.59 Å². The lowest BCUT2D eigenvalue weighted by Crippen LogP contribution is -2.53. The number of hydrogen-bond acceptors (Lipinski definition) is 6. The van der Waals surface area contributed by atoms with Crippen LogP contribution in [0.2, 0.25) is 5.02 Å². The number of amides is 2. The van der Waals surface area contributed by atoms with Gasteiger partial charge in [-0.25, -0.2) is 13.4 Å². The zero-order valence-corrected chi connectivity index (χ0v) is 21.5. The second kappa shape index (κ2) is 9.53. The monoisotopic (exact) mass is 535 g/mol. The molecule has 2 unspecified atom stereocenters. The van der Waals surface area contributed by atoms with E-state index >= 15 is 0 Å². The summed E-state index contributed by atoms with van der Waals surface area (Å²) in [7, 11) is -3.29. The van der Waals surface area contributed by atoms with Gasteiger partial charge in [0.1, 0.15) is 5.69 Å². The molecule has 2 aromatic heterocycles. The Morgan fingerprint density at radius 2 is 1.86 bits per heavy atom. The number of rotatable bonds is 5. The molecule has 0 bridgehead atoms. The van der Waals surface area contributed by atoms with Crippen LogP contribution in [-0.2, 0) is 23.0 Å². The summed E-state index contributed by atoms with van der Waals surface area (Å²) in [5, 5.41) is 7.93. The van der Waals surface area contributed by atoms with Crippen LogP contribution in [-0.4, -0.2) is 59.4 Å². The van der Waals surface area contributed by atoms with E-state index in [2.05, 4.69) is 20.6 Å². The van der Waals surface area contributed by atoms with E-state index in [0.29, 0.717) is 28.7 Å². The summed E-state index contributed by atoms with van der Waals surface area (Å²) in [6.07, 6.45) is 5.12. The first-order valence-corrected chi connectivity index (χ1v) is 14.6. The Kier molecular flexibility index (Phi) is 6.60. The van der Waals surface area contributed by atoms with Crippen molar-refractivity contribution in [2.24, 2.45) is 0 Å². The van der Waals surface area contributed by atoms with E-state index in [-0.39, 0.29) is 30.4 Å². The van der Waals surface area contributed by atoms with Crippen molar-refractivity contribution in [3.63, 3.8) is 0 Å². The number of fused-ring (bicyclic) bond motifs is 2. The van der Waals surface area contributed by atoms with E-state index in [1.165, 1.54) is 21.9 Å². The molecule has 2 aliphatic rings. The SMILES string of the molecule is CS(=O)(=O)N1CCc2nc(C(=O)NC3CCCCC3NC(=O)c3cc4cc(Cl)ccc4[nH]3)sc2C1. The Labute approximate surface area is 212 Å².